The van der Waals surface area contributed by atoms with Crippen LogP contribution < -0.4 is 16.4 Å². The van der Waals surface area contributed by atoms with Crippen LogP contribution in [0.1, 0.15) is 34.3 Å². The molecule has 28 heavy (non-hydrogen) atoms. The van der Waals surface area contributed by atoms with E-state index in [9.17, 15) is 28.1 Å². The second-order valence-corrected chi connectivity index (χ2v) is 6.48. The number of carbonyl (C=O) groups excluding carboxylic acids is 1. The molecule has 3 rings (SSSR count). The Balaban J connectivity index is 1.86. The fourth-order valence-corrected chi connectivity index (χ4v) is 2.64. The molecule has 1 saturated carbocycles. The van der Waals surface area contributed by atoms with Crippen LogP contribution in [-0.2, 0) is 12.7 Å². The molecule has 0 heterocycles. The summed E-state index contributed by atoms with van der Waals surface area (Å²) in [6.07, 6.45) is -2.77. The minimum atomic E-state index is -4.60. The molecule has 1 amide bonds. The molecule has 2 aromatic rings. The normalized spacial score (nSPS) is 13.9. The first-order chi connectivity index (χ1) is 13.2. The summed E-state index contributed by atoms with van der Waals surface area (Å²) in [5.74, 6) is -0.761. The van der Waals surface area contributed by atoms with Crippen molar-refractivity contribution in [1.29, 1.82) is 0 Å². The molecule has 0 radical (unpaired) electrons. The molecule has 1 fully saturated rings. The van der Waals surface area contributed by atoms with Crippen molar-refractivity contribution in [3.63, 3.8) is 0 Å². The SMILES string of the molecule is NCc1cc(NC(=O)c2ccc(NC3CC3)c([N+](=O)[O-])c2)cc(C(F)(F)F)c1. The van der Waals surface area contributed by atoms with Gasteiger partial charge in [-0.25, -0.2) is 0 Å². The average Bonchev–Trinajstić information content (AvgIpc) is 3.44. The molecule has 7 nitrogen and oxygen atoms in total. The molecule has 148 valence electrons. The number of rotatable bonds is 6. The number of hydrogen-bond donors (Lipinski definition) is 3. The van der Waals surface area contributed by atoms with Gasteiger partial charge in [-0.3, -0.25) is 14.9 Å². The van der Waals surface area contributed by atoms with Gasteiger partial charge in [0.05, 0.1) is 10.5 Å². The third kappa shape index (κ3) is 4.58. The fraction of sp³-hybridized carbons (Fsp3) is 0.278. The van der Waals surface area contributed by atoms with E-state index in [4.69, 9.17) is 5.73 Å². The van der Waals surface area contributed by atoms with Crippen molar-refractivity contribution < 1.29 is 22.9 Å². The number of carbonyl (C=O) groups is 1. The number of nitrogens with zero attached hydrogens (tertiary/aromatic N) is 1. The van der Waals surface area contributed by atoms with Gasteiger partial charge in [0.2, 0.25) is 0 Å². The number of nitro groups is 1. The van der Waals surface area contributed by atoms with Crippen molar-refractivity contribution in [1.82, 2.24) is 0 Å². The van der Waals surface area contributed by atoms with Gasteiger partial charge in [0.25, 0.3) is 11.6 Å². The molecule has 10 heteroatoms. The largest absolute Gasteiger partial charge is 0.416 e. The lowest BCUT2D eigenvalue weighted by Gasteiger charge is -2.13. The second-order valence-electron chi connectivity index (χ2n) is 6.48. The highest BCUT2D eigenvalue weighted by Crippen LogP contribution is 2.33. The van der Waals surface area contributed by atoms with E-state index in [1.165, 1.54) is 18.2 Å². The van der Waals surface area contributed by atoms with Crippen LogP contribution in [0.4, 0.5) is 30.2 Å². The maximum absolute atomic E-state index is 13.0. The quantitative estimate of drug-likeness (QED) is 0.508. The molecule has 0 saturated heterocycles. The van der Waals surface area contributed by atoms with Gasteiger partial charge in [-0.15, -0.1) is 0 Å². The molecule has 2 aromatic carbocycles. The molecule has 0 spiro atoms. The van der Waals surface area contributed by atoms with Gasteiger partial charge in [-0.05, 0) is 48.7 Å². The predicted octanol–water partition coefficient (Wildman–Crippen LogP) is 3.90. The van der Waals surface area contributed by atoms with Crippen LogP contribution in [0.25, 0.3) is 0 Å². The predicted molar refractivity (Wildman–Crippen MR) is 97.0 cm³/mol. The molecule has 0 atom stereocenters. The van der Waals surface area contributed by atoms with Crippen LogP contribution in [-0.4, -0.2) is 16.9 Å². The van der Waals surface area contributed by atoms with Crippen molar-refractivity contribution in [2.75, 3.05) is 10.6 Å². The minimum absolute atomic E-state index is 0.0419. The maximum atomic E-state index is 13.0. The molecule has 0 aromatic heterocycles. The van der Waals surface area contributed by atoms with E-state index in [-0.39, 0.29) is 35.1 Å². The van der Waals surface area contributed by atoms with Crippen molar-refractivity contribution in [3.05, 3.63) is 63.2 Å². The first-order valence-corrected chi connectivity index (χ1v) is 8.45. The molecule has 1 aliphatic carbocycles. The van der Waals surface area contributed by atoms with Gasteiger partial charge in [0, 0.05) is 29.9 Å². The smallest absolute Gasteiger partial charge is 0.377 e. The zero-order valence-electron chi connectivity index (χ0n) is 14.5. The van der Waals surface area contributed by atoms with Gasteiger partial charge in [-0.2, -0.15) is 13.2 Å². The lowest BCUT2D eigenvalue weighted by Crippen LogP contribution is -2.15. The summed E-state index contributed by atoms with van der Waals surface area (Å²) in [7, 11) is 0. The van der Waals surface area contributed by atoms with Gasteiger partial charge in [0.15, 0.2) is 0 Å². The van der Waals surface area contributed by atoms with Crippen molar-refractivity contribution in [3.8, 4) is 0 Å². The minimum Gasteiger partial charge on any atom is -0.377 e. The van der Waals surface area contributed by atoms with Gasteiger partial charge < -0.3 is 16.4 Å². The number of benzene rings is 2. The Labute approximate surface area is 157 Å². The number of nitro benzene ring substituents is 1. The Bertz CT molecular complexity index is 927. The molecule has 4 N–H and O–H groups in total. The van der Waals surface area contributed by atoms with E-state index in [1.54, 1.807) is 0 Å². The summed E-state index contributed by atoms with van der Waals surface area (Å²) in [6, 6.07) is 7.08. The van der Waals surface area contributed by atoms with Gasteiger partial charge in [-0.1, -0.05) is 0 Å². The van der Waals surface area contributed by atoms with Crippen molar-refractivity contribution in [2.24, 2.45) is 5.73 Å². The number of nitrogens with one attached hydrogen (secondary N) is 2. The van der Waals surface area contributed by atoms with Crippen LogP contribution >= 0.6 is 0 Å². The number of amides is 1. The van der Waals surface area contributed by atoms with Crippen LogP contribution in [0, 0.1) is 10.1 Å². The lowest BCUT2D eigenvalue weighted by molar-refractivity contribution is -0.384. The number of nitrogens with two attached hydrogens (primary N) is 1. The monoisotopic (exact) mass is 394 g/mol. The Morgan fingerprint density at radius 3 is 2.50 bits per heavy atom. The van der Waals surface area contributed by atoms with Crippen LogP contribution in [0.3, 0.4) is 0 Å². The molecule has 0 bridgehead atoms. The first-order valence-electron chi connectivity index (χ1n) is 8.45. The maximum Gasteiger partial charge on any atom is 0.416 e. The number of hydrogen-bond acceptors (Lipinski definition) is 5. The standard InChI is InChI=1S/C18H17F3N4O3/c19-18(20,21)12-5-10(9-22)6-14(8-12)24-17(26)11-1-4-15(23-13-2-3-13)16(7-11)25(27)28/h1,4-8,13,23H,2-3,9,22H2,(H,24,26). The summed E-state index contributed by atoms with van der Waals surface area (Å²) < 4.78 is 39.0. The molecular formula is C18H17F3N4O3. The third-order valence-corrected chi connectivity index (χ3v) is 4.21. The molecule has 0 aliphatic heterocycles. The van der Waals surface area contributed by atoms with Gasteiger partial charge >= 0.3 is 6.18 Å². The van der Waals surface area contributed by atoms with Crippen molar-refractivity contribution in [2.45, 2.75) is 31.6 Å². The van der Waals surface area contributed by atoms with E-state index >= 15 is 0 Å². The molecule has 0 unspecified atom stereocenters. The number of halogens is 3. The van der Waals surface area contributed by atoms with Gasteiger partial charge in [0.1, 0.15) is 5.69 Å². The topological polar surface area (TPSA) is 110 Å². The number of anilines is 2. The van der Waals surface area contributed by atoms with Crippen LogP contribution in [0.2, 0.25) is 0 Å². The Morgan fingerprint density at radius 1 is 1.21 bits per heavy atom. The Hall–Kier alpha value is -3.14. The average molecular weight is 394 g/mol. The van der Waals surface area contributed by atoms with E-state index in [1.807, 2.05) is 0 Å². The highest BCUT2D eigenvalue weighted by atomic mass is 19.4. The Morgan fingerprint density at radius 2 is 1.93 bits per heavy atom. The highest BCUT2D eigenvalue weighted by Gasteiger charge is 2.31. The summed E-state index contributed by atoms with van der Waals surface area (Å²) in [5.41, 5.74) is 4.57. The Kier molecular flexibility index (Phi) is 5.23. The van der Waals surface area contributed by atoms with Crippen LogP contribution in [0.15, 0.2) is 36.4 Å². The molecule has 1 aliphatic rings. The van der Waals surface area contributed by atoms with E-state index in [2.05, 4.69) is 10.6 Å². The summed E-state index contributed by atoms with van der Waals surface area (Å²) >= 11 is 0. The lowest BCUT2D eigenvalue weighted by atomic mass is 10.1. The van der Waals surface area contributed by atoms with E-state index in [0.29, 0.717) is 5.69 Å². The summed E-state index contributed by atoms with van der Waals surface area (Å²) in [4.78, 5) is 23.1. The summed E-state index contributed by atoms with van der Waals surface area (Å²) in [6.45, 7) is -0.139. The van der Waals surface area contributed by atoms with E-state index in [0.717, 1.165) is 31.0 Å². The highest BCUT2D eigenvalue weighted by molar-refractivity contribution is 6.05. The molecular weight excluding hydrogens is 377 g/mol. The fourth-order valence-electron chi connectivity index (χ4n) is 2.64. The van der Waals surface area contributed by atoms with Crippen molar-refractivity contribution >= 4 is 23.0 Å². The first kappa shape index (κ1) is 19.6. The third-order valence-electron chi connectivity index (χ3n) is 4.21. The second kappa shape index (κ2) is 7.47. The zero-order valence-corrected chi connectivity index (χ0v) is 14.5. The van der Waals surface area contributed by atoms with Crippen LogP contribution in [0.5, 0.6) is 0 Å². The number of alkyl halides is 3. The zero-order chi connectivity index (χ0) is 20.5. The van der Waals surface area contributed by atoms with E-state index < -0.39 is 22.6 Å². The summed E-state index contributed by atoms with van der Waals surface area (Å²) in [5, 5.41) is 16.6.